The number of amides is 2. The highest BCUT2D eigenvalue weighted by Crippen LogP contribution is 2.32. The van der Waals surface area contributed by atoms with E-state index in [1.807, 2.05) is 0 Å². The lowest BCUT2D eigenvalue weighted by Crippen LogP contribution is -2.22. The van der Waals surface area contributed by atoms with Gasteiger partial charge in [0, 0.05) is 28.1 Å². The van der Waals surface area contributed by atoms with Gasteiger partial charge in [-0.2, -0.15) is 5.10 Å². The number of hydrogen-bond acceptors (Lipinski definition) is 6. The van der Waals surface area contributed by atoms with Crippen molar-refractivity contribution < 1.29 is 23.5 Å². The minimum atomic E-state index is -0.424. The van der Waals surface area contributed by atoms with Crippen molar-refractivity contribution in [2.75, 3.05) is 19.5 Å². The van der Waals surface area contributed by atoms with E-state index >= 15 is 0 Å². The van der Waals surface area contributed by atoms with Crippen LogP contribution in [0.25, 0.3) is 0 Å². The van der Waals surface area contributed by atoms with E-state index < -0.39 is 5.91 Å². The first-order valence-electron chi connectivity index (χ1n) is 10.7. The standard InChI is InChI=1S/C25H24ClN3O5/c1-14-22-18(28-29-24(30)15-6-4-7-17(12-15)32-2)8-5-9-21(22)34-23(14)25(31)27-19-13-16(26)10-11-20(19)33-3/h4,6-7,10-13H,5,8-9H2,1-3H3,(H,27,31)(H,29,30)/b28-18+. The maximum Gasteiger partial charge on any atom is 0.291 e. The van der Waals surface area contributed by atoms with E-state index in [0.29, 0.717) is 57.6 Å². The van der Waals surface area contributed by atoms with Crippen LogP contribution in [-0.2, 0) is 6.42 Å². The maximum atomic E-state index is 13.0. The quantitative estimate of drug-likeness (QED) is 0.483. The monoisotopic (exact) mass is 481 g/mol. The number of carbonyl (C=O) groups excluding carboxylic acids is 2. The largest absolute Gasteiger partial charge is 0.497 e. The number of rotatable bonds is 6. The predicted molar refractivity (Wildman–Crippen MR) is 129 cm³/mol. The van der Waals surface area contributed by atoms with Gasteiger partial charge >= 0.3 is 0 Å². The number of aryl methyl sites for hydroxylation is 1. The Labute approximate surface area is 201 Å². The highest BCUT2D eigenvalue weighted by Gasteiger charge is 2.28. The Morgan fingerprint density at radius 3 is 2.65 bits per heavy atom. The maximum absolute atomic E-state index is 13.0. The van der Waals surface area contributed by atoms with Gasteiger partial charge in [-0.25, -0.2) is 5.43 Å². The molecule has 2 amide bonds. The molecule has 8 nitrogen and oxygen atoms in total. The molecule has 1 heterocycles. The van der Waals surface area contributed by atoms with Gasteiger partial charge in [0.1, 0.15) is 17.3 Å². The highest BCUT2D eigenvalue weighted by molar-refractivity contribution is 6.31. The number of carbonyl (C=O) groups is 2. The molecule has 1 aromatic heterocycles. The summed E-state index contributed by atoms with van der Waals surface area (Å²) < 4.78 is 16.4. The first kappa shape index (κ1) is 23.4. The summed E-state index contributed by atoms with van der Waals surface area (Å²) in [7, 11) is 3.05. The van der Waals surface area contributed by atoms with E-state index in [9.17, 15) is 9.59 Å². The van der Waals surface area contributed by atoms with Crippen molar-refractivity contribution in [2.24, 2.45) is 5.10 Å². The number of nitrogens with zero attached hydrogens (tertiary/aromatic N) is 1. The smallest absolute Gasteiger partial charge is 0.291 e. The lowest BCUT2D eigenvalue weighted by molar-refractivity contribution is 0.0953. The number of fused-ring (bicyclic) bond motifs is 1. The molecule has 0 unspecified atom stereocenters. The molecule has 4 rings (SSSR count). The number of furan rings is 1. The second-order valence-corrected chi connectivity index (χ2v) is 8.17. The molecule has 2 N–H and O–H groups in total. The number of benzene rings is 2. The summed E-state index contributed by atoms with van der Waals surface area (Å²) in [5.41, 5.74) is 5.55. The Morgan fingerprint density at radius 1 is 1.06 bits per heavy atom. The fraction of sp³-hybridized carbons (Fsp3) is 0.240. The zero-order valence-electron chi connectivity index (χ0n) is 19.0. The number of nitrogens with one attached hydrogen (secondary N) is 2. The number of anilines is 1. The van der Waals surface area contributed by atoms with Gasteiger partial charge < -0.3 is 19.2 Å². The molecule has 0 atom stereocenters. The molecule has 0 saturated heterocycles. The summed E-state index contributed by atoms with van der Waals surface area (Å²) >= 11 is 6.07. The molecule has 0 spiro atoms. The van der Waals surface area contributed by atoms with Crippen LogP contribution in [0, 0.1) is 6.92 Å². The molecule has 9 heteroatoms. The van der Waals surface area contributed by atoms with Gasteiger partial charge in [-0.05, 0) is 56.2 Å². The summed E-state index contributed by atoms with van der Waals surface area (Å²) in [5.74, 6) is 1.13. The van der Waals surface area contributed by atoms with Crippen LogP contribution < -0.4 is 20.2 Å². The number of halogens is 1. The van der Waals surface area contributed by atoms with E-state index in [1.165, 1.54) is 7.11 Å². The molecule has 2 aromatic carbocycles. The number of ether oxygens (including phenoxy) is 2. The van der Waals surface area contributed by atoms with E-state index in [0.717, 1.165) is 12.0 Å². The van der Waals surface area contributed by atoms with Crippen LogP contribution in [0.1, 0.15) is 50.6 Å². The van der Waals surface area contributed by atoms with Gasteiger partial charge in [0.2, 0.25) is 0 Å². The Kier molecular flexibility index (Phi) is 6.88. The second-order valence-electron chi connectivity index (χ2n) is 7.74. The molecule has 1 aliphatic carbocycles. The Morgan fingerprint density at radius 2 is 1.88 bits per heavy atom. The average molecular weight is 482 g/mol. The van der Waals surface area contributed by atoms with E-state index in [4.69, 9.17) is 25.5 Å². The van der Waals surface area contributed by atoms with E-state index in [2.05, 4.69) is 15.8 Å². The summed E-state index contributed by atoms with van der Waals surface area (Å²) in [5, 5.41) is 7.63. The molecule has 0 fully saturated rings. The van der Waals surface area contributed by atoms with Crippen LogP contribution in [0.15, 0.2) is 52.0 Å². The van der Waals surface area contributed by atoms with Gasteiger partial charge in [-0.15, -0.1) is 0 Å². The summed E-state index contributed by atoms with van der Waals surface area (Å²) in [4.78, 5) is 25.6. The fourth-order valence-electron chi connectivity index (χ4n) is 3.90. The lowest BCUT2D eigenvalue weighted by atomic mass is 9.93. The van der Waals surface area contributed by atoms with Crippen molar-refractivity contribution in [1.82, 2.24) is 5.43 Å². The summed E-state index contributed by atoms with van der Waals surface area (Å²) in [6, 6.07) is 11.8. The first-order chi connectivity index (χ1) is 16.4. The second kappa shape index (κ2) is 10.0. The lowest BCUT2D eigenvalue weighted by Gasteiger charge is -2.13. The molecule has 3 aromatic rings. The molecule has 0 aliphatic heterocycles. The average Bonchev–Trinajstić information content (AvgIpc) is 3.20. The summed E-state index contributed by atoms with van der Waals surface area (Å²) in [6.45, 7) is 1.80. The van der Waals surface area contributed by atoms with Crippen molar-refractivity contribution in [3.05, 3.63) is 75.7 Å². The molecular formula is C25H24ClN3O5. The zero-order valence-corrected chi connectivity index (χ0v) is 19.8. The van der Waals surface area contributed by atoms with Gasteiger partial charge in [0.15, 0.2) is 5.76 Å². The van der Waals surface area contributed by atoms with Crippen molar-refractivity contribution in [3.63, 3.8) is 0 Å². The highest BCUT2D eigenvalue weighted by atomic mass is 35.5. The van der Waals surface area contributed by atoms with Crippen molar-refractivity contribution in [3.8, 4) is 11.5 Å². The molecule has 176 valence electrons. The van der Waals surface area contributed by atoms with Crippen molar-refractivity contribution >= 4 is 34.8 Å². The topological polar surface area (TPSA) is 102 Å². The van der Waals surface area contributed by atoms with Crippen LogP contribution in [0.2, 0.25) is 5.02 Å². The van der Waals surface area contributed by atoms with Crippen molar-refractivity contribution in [1.29, 1.82) is 0 Å². The van der Waals surface area contributed by atoms with Gasteiger partial charge in [0.05, 0.1) is 25.6 Å². The minimum absolute atomic E-state index is 0.181. The van der Waals surface area contributed by atoms with Crippen molar-refractivity contribution in [2.45, 2.75) is 26.2 Å². The minimum Gasteiger partial charge on any atom is -0.497 e. The fourth-order valence-corrected chi connectivity index (χ4v) is 4.07. The Bertz CT molecular complexity index is 1280. The number of hydrogen-bond donors (Lipinski definition) is 2. The first-order valence-corrected chi connectivity index (χ1v) is 11.1. The third kappa shape index (κ3) is 4.77. The molecule has 0 radical (unpaired) electrons. The van der Waals surface area contributed by atoms with E-state index in [-0.39, 0.29) is 11.7 Å². The summed E-state index contributed by atoms with van der Waals surface area (Å²) in [6.07, 6.45) is 2.11. The number of methoxy groups -OCH3 is 2. The third-order valence-electron chi connectivity index (χ3n) is 5.57. The number of hydrazone groups is 1. The molecule has 34 heavy (non-hydrogen) atoms. The molecule has 0 saturated carbocycles. The molecule has 1 aliphatic rings. The predicted octanol–water partition coefficient (Wildman–Crippen LogP) is 4.98. The van der Waals surface area contributed by atoms with Gasteiger partial charge in [-0.1, -0.05) is 17.7 Å². The normalized spacial score (nSPS) is 13.8. The third-order valence-corrected chi connectivity index (χ3v) is 5.80. The molecular weight excluding hydrogens is 458 g/mol. The van der Waals surface area contributed by atoms with Crippen LogP contribution in [-0.4, -0.2) is 31.7 Å². The van der Waals surface area contributed by atoms with Crippen LogP contribution in [0.3, 0.4) is 0 Å². The zero-order chi connectivity index (χ0) is 24.2. The Balaban J connectivity index is 1.58. The molecule has 0 bridgehead atoms. The van der Waals surface area contributed by atoms with Gasteiger partial charge in [-0.3, -0.25) is 9.59 Å². The van der Waals surface area contributed by atoms with Crippen LogP contribution in [0.4, 0.5) is 5.69 Å². The Hall–Kier alpha value is -3.78. The van der Waals surface area contributed by atoms with E-state index in [1.54, 1.807) is 56.5 Å². The SMILES string of the molecule is COc1cccc(C(=O)N/N=C2\CCCc3oc(C(=O)Nc4cc(Cl)ccc4OC)c(C)c32)c1. The van der Waals surface area contributed by atoms with Crippen LogP contribution in [0.5, 0.6) is 11.5 Å². The van der Waals surface area contributed by atoms with Crippen LogP contribution >= 0.6 is 11.6 Å². The van der Waals surface area contributed by atoms with Gasteiger partial charge in [0.25, 0.3) is 11.8 Å².